The van der Waals surface area contributed by atoms with Gasteiger partial charge in [0.2, 0.25) is 5.91 Å². The Hall–Kier alpha value is -3.21. The quantitative estimate of drug-likeness (QED) is 0.294. The molecule has 0 fully saturated rings. The number of methoxy groups -OCH3 is 1. The number of allylic oxidation sites excluding steroid dienone is 1. The third-order valence-corrected chi connectivity index (χ3v) is 6.21. The monoisotopic (exact) mass is 479 g/mol. The summed E-state index contributed by atoms with van der Waals surface area (Å²) in [5, 5.41) is 4.88. The molecule has 0 atom stereocenters. The Bertz CT molecular complexity index is 1400. The molecule has 3 aromatic carbocycles. The summed E-state index contributed by atoms with van der Waals surface area (Å²) >= 11 is 12.5. The number of benzene rings is 3. The zero-order chi connectivity index (χ0) is 23.7. The maximum atomic E-state index is 12.7. The summed E-state index contributed by atoms with van der Waals surface area (Å²) < 4.78 is 11.4. The Morgan fingerprint density at radius 3 is 2.48 bits per heavy atom. The molecule has 0 aliphatic heterocycles. The molecule has 0 saturated heterocycles. The number of carbonyl (C=O) groups is 1. The van der Waals surface area contributed by atoms with E-state index in [0.29, 0.717) is 21.4 Å². The smallest absolute Gasteiger partial charge is 0.248 e. The average molecular weight is 480 g/mol. The van der Waals surface area contributed by atoms with Crippen LogP contribution in [0.1, 0.15) is 23.6 Å². The third kappa shape index (κ3) is 4.77. The highest BCUT2D eigenvalue weighted by Gasteiger charge is 2.16. The number of rotatable bonds is 5. The van der Waals surface area contributed by atoms with Crippen molar-refractivity contribution in [2.45, 2.75) is 20.8 Å². The van der Waals surface area contributed by atoms with Crippen LogP contribution in [0.4, 0.5) is 5.69 Å². The first-order valence-corrected chi connectivity index (χ1v) is 11.1. The van der Waals surface area contributed by atoms with Crippen molar-refractivity contribution in [2.75, 3.05) is 12.4 Å². The molecule has 0 radical (unpaired) electrons. The number of furan rings is 1. The fourth-order valence-corrected chi connectivity index (χ4v) is 4.23. The SMILES string of the molecule is COc1cc2occ(-c3ccc(Cl)cc3Cl)c2cc1/C(C)=C/C(=O)Nc1ccc(C)c(C)c1. The summed E-state index contributed by atoms with van der Waals surface area (Å²) in [5.41, 5.74) is 6.89. The summed E-state index contributed by atoms with van der Waals surface area (Å²) in [5.74, 6) is 0.393. The Balaban J connectivity index is 1.72. The predicted octanol–water partition coefficient (Wildman–Crippen LogP) is 8.07. The van der Waals surface area contributed by atoms with Gasteiger partial charge in [0.15, 0.2) is 0 Å². The van der Waals surface area contributed by atoms with Crippen molar-refractivity contribution >= 4 is 51.3 Å². The highest BCUT2D eigenvalue weighted by Crippen LogP contribution is 2.40. The van der Waals surface area contributed by atoms with E-state index < -0.39 is 0 Å². The standard InChI is InChI=1S/C27H23Cl2NO3/c1-15-5-7-19(9-16(15)2)30-27(31)10-17(3)21-12-22-23(14-33-26(22)13-25(21)32-4)20-8-6-18(28)11-24(20)29/h5-14H,1-4H3,(H,30,31)/b17-10+. The fourth-order valence-electron chi connectivity index (χ4n) is 3.72. The number of aryl methyl sites for hydroxylation is 2. The maximum Gasteiger partial charge on any atom is 0.248 e. The van der Waals surface area contributed by atoms with Crippen molar-refractivity contribution in [1.29, 1.82) is 0 Å². The zero-order valence-electron chi connectivity index (χ0n) is 18.8. The van der Waals surface area contributed by atoms with Crippen LogP contribution < -0.4 is 10.1 Å². The van der Waals surface area contributed by atoms with Crippen LogP contribution >= 0.6 is 23.2 Å². The van der Waals surface area contributed by atoms with Gasteiger partial charge >= 0.3 is 0 Å². The molecule has 33 heavy (non-hydrogen) atoms. The van der Waals surface area contributed by atoms with Gasteiger partial charge in [-0.05, 0) is 67.8 Å². The first-order valence-electron chi connectivity index (χ1n) is 10.4. The maximum absolute atomic E-state index is 12.7. The Labute approximate surface area is 202 Å². The minimum absolute atomic E-state index is 0.217. The number of hydrogen-bond donors (Lipinski definition) is 1. The highest BCUT2D eigenvalue weighted by atomic mass is 35.5. The van der Waals surface area contributed by atoms with Crippen LogP contribution in [-0.2, 0) is 4.79 Å². The number of amides is 1. The first-order chi connectivity index (χ1) is 15.8. The molecule has 0 aliphatic carbocycles. The molecule has 0 unspecified atom stereocenters. The number of hydrogen-bond acceptors (Lipinski definition) is 3. The highest BCUT2D eigenvalue weighted by molar-refractivity contribution is 6.36. The van der Waals surface area contributed by atoms with Crippen LogP contribution in [0.3, 0.4) is 0 Å². The van der Waals surface area contributed by atoms with Gasteiger partial charge in [-0.2, -0.15) is 0 Å². The number of ether oxygens (including phenoxy) is 1. The number of carbonyl (C=O) groups excluding carboxylic acids is 1. The zero-order valence-corrected chi connectivity index (χ0v) is 20.3. The van der Waals surface area contributed by atoms with Crippen LogP contribution in [0, 0.1) is 13.8 Å². The lowest BCUT2D eigenvalue weighted by Gasteiger charge is -2.11. The second kappa shape index (κ2) is 9.34. The van der Waals surface area contributed by atoms with E-state index in [4.69, 9.17) is 32.4 Å². The topological polar surface area (TPSA) is 51.5 Å². The number of halogens is 2. The third-order valence-electron chi connectivity index (χ3n) is 5.66. The molecular weight excluding hydrogens is 457 g/mol. The largest absolute Gasteiger partial charge is 0.496 e. The van der Waals surface area contributed by atoms with Crippen molar-refractivity contribution < 1.29 is 13.9 Å². The molecule has 1 N–H and O–H groups in total. The van der Waals surface area contributed by atoms with Crippen LogP contribution in [0.15, 0.2) is 65.3 Å². The predicted molar refractivity (Wildman–Crippen MR) is 136 cm³/mol. The second-order valence-electron chi connectivity index (χ2n) is 7.94. The van der Waals surface area contributed by atoms with E-state index in [9.17, 15) is 4.79 Å². The van der Waals surface area contributed by atoms with Gasteiger partial charge in [-0.15, -0.1) is 0 Å². The van der Waals surface area contributed by atoms with Crippen LogP contribution in [0.25, 0.3) is 27.7 Å². The number of fused-ring (bicyclic) bond motifs is 1. The first kappa shape index (κ1) is 23.0. The van der Waals surface area contributed by atoms with Gasteiger partial charge in [-0.3, -0.25) is 4.79 Å². The van der Waals surface area contributed by atoms with Crippen LogP contribution in [0.2, 0.25) is 10.0 Å². The second-order valence-corrected chi connectivity index (χ2v) is 8.78. The molecular formula is C27H23Cl2NO3. The van der Waals surface area contributed by atoms with Crippen molar-refractivity contribution in [3.8, 4) is 16.9 Å². The Morgan fingerprint density at radius 2 is 1.79 bits per heavy atom. The minimum Gasteiger partial charge on any atom is -0.496 e. The molecule has 4 aromatic rings. The van der Waals surface area contributed by atoms with Gasteiger partial charge in [0.05, 0.1) is 18.4 Å². The van der Waals surface area contributed by atoms with E-state index in [2.05, 4.69) is 5.32 Å². The lowest BCUT2D eigenvalue weighted by molar-refractivity contribution is -0.111. The van der Waals surface area contributed by atoms with Crippen molar-refractivity contribution in [3.05, 3.63) is 87.6 Å². The van der Waals surface area contributed by atoms with E-state index in [-0.39, 0.29) is 5.91 Å². The van der Waals surface area contributed by atoms with Gasteiger partial charge in [0, 0.05) is 44.9 Å². The minimum atomic E-state index is -0.217. The molecule has 1 amide bonds. The van der Waals surface area contributed by atoms with Crippen LogP contribution in [-0.4, -0.2) is 13.0 Å². The van der Waals surface area contributed by atoms with E-state index in [1.165, 1.54) is 5.56 Å². The van der Waals surface area contributed by atoms with Crippen molar-refractivity contribution in [2.24, 2.45) is 0 Å². The summed E-state index contributed by atoms with van der Waals surface area (Å²) in [6, 6.07) is 14.9. The summed E-state index contributed by atoms with van der Waals surface area (Å²) in [6.45, 7) is 5.93. The summed E-state index contributed by atoms with van der Waals surface area (Å²) in [7, 11) is 1.59. The number of nitrogens with one attached hydrogen (secondary N) is 1. The van der Waals surface area contributed by atoms with E-state index in [0.717, 1.165) is 38.9 Å². The van der Waals surface area contributed by atoms with E-state index in [1.807, 2.05) is 57.2 Å². The fraction of sp³-hybridized carbons (Fsp3) is 0.148. The summed E-state index contributed by atoms with van der Waals surface area (Å²) in [6.07, 6.45) is 3.22. The van der Waals surface area contributed by atoms with Gasteiger partial charge in [0.1, 0.15) is 11.3 Å². The Kier molecular flexibility index (Phi) is 6.50. The molecule has 168 valence electrons. The Morgan fingerprint density at radius 1 is 1.00 bits per heavy atom. The van der Waals surface area contributed by atoms with E-state index in [1.54, 1.807) is 31.6 Å². The van der Waals surface area contributed by atoms with Gasteiger partial charge in [-0.1, -0.05) is 35.3 Å². The molecule has 4 rings (SSSR count). The van der Waals surface area contributed by atoms with Gasteiger partial charge < -0.3 is 14.5 Å². The molecule has 0 saturated carbocycles. The van der Waals surface area contributed by atoms with Gasteiger partial charge in [-0.25, -0.2) is 0 Å². The molecule has 1 aromatic heterocycles. The van der Waals surface area contributed by atoms with Crippen molar-refractivity contribution in [3.63, 3.8) is 0 Å². The molecule has 0 aliphatic rings. The summed E-state index contributed by atoms with van der Waals surface area (Å²) in [4.78, 5) is 12.7. The van der Waals surface area contributed by atoms with E-state index >= 15 is 0 Å². The molecule has 6 heteroatoms. The molecule has 1 heterocycles. The van der Waals surface area contributed by atoms with Crippen molar-refractivity contribution in [1.82, 2.24) is 0 Å². The molecule has 0 bridgehead atoms. The normalized spacial score (nSPS) is 11.6. The van der Waals surface area contributed by atoms with Crippen LogP contribution in [0.5, 0.6) is 5.75 Å². The molecule has 0 spiro atoms. The van der Waals surface area contributed by atoms with Gasteiger partial charge in [0.25, 0.3) is 0 Å². The lowest BCUT2D eigenvalue weighted by Crippen LogP contribution is -2.09. The molecule has 4 nitrogen and oxygen atoms in total. The average Bonchev–Trinajstić information content (AvgIpc) is 3.18. The lowest BCUT2D eigenvalue weighted by atomic mass is 9.99. The number of anilines is 1.